The normalized spacial score (nSPS) is 11.1. The molecule has 0 fully saturated rings. The van der Waals surface area contributed by atoms with Crippen LogP contribution in [0.15, 0.2) is 4.79 Å². The zero-order valence-electron chi connectivity index (χ0n) is 14.4. The molecule has 1 aromatic heterocycles. The number of rotatable bonds is 7. The maximum absolute atomic E-state index is 12.2. The largest absolute Gasteiger partial charge is 0.349 e. The van der Waals surface area contributed by atoms with Crippen LogP contribution in [-0.4, -0.2) is 23.0 Å². The number of aromatic nitrogens is 1. The smallest absolute Gasteiger partial charge is 0.266 e. The molecule has 1 aromatic rings. The number of nitriles is 1. The number of aryl methyl sites for hydroxylation is 1. The van der Waals surface area contributed by atoms with Crippen molar-refractivity contribution in [3.63, 3.8) is 0 Å². The summed E-state index contributed by atoms with van der Waals surface area (Å²) in [6.07, 6.45) is 2.32. The summed E-state index contributed by atoms with van der Waals surface area (Å²) in [5.41, 5.74) is 7.38. The van der Waals surface area contributed by atoms with Gasteiger partial charge < -0.3 is 16.0 Å². The number of pyridine rings is 1. The third-order valence-corrected chi connectivity index (χ3v) is 4.67. The van der Waals surface area contributed by atoms with Crippen LogP contribution in [0.3, 0.4) is 0 Å². The van der Waals surface area contributed by atoms with Crippen molar-refractivity contribution >= 4 is 5.91 Å². The Bertz CT molecular complexity index is 658. The second-order valence-corrected chi connectivity index (χ2v) is 5.91. The van der Waals surface area contributed by atoms with Crippen molar-refractivity contribution in [1.82, 2.24) is 10.3 Å². The number of carbonyl (C=O) groups is 1. The minimum Gasteiger partial charge on any atom is -0.349 e. The first-order chi connectivity index (χ1) is 10.8. The predicted molar refractivity (Wildman–Crippen MR) is 90.1 cm³/mol. The summed E-state index contributed by atoms with van der Waals surface area (Å²) < 4.78 is 0. The van der Waals surface area contributed by atoms with Crippen molar-refractivity contribution in [2.45, 2.75) is 58.9 Å². The number of hydrogen-bond donors (Lipinski definition) is 3. The molecule has 0 radical (unpaired) electrons. The van der Waals surface area contributed by atoms with Crippen molar-refractivity contribution in [3.05, 3.63) is 32.7 Å². The molecule has 6 heteroatoms. The van der Waals surface area contributed by atoms with E-state index in [1.165, 1.54) is 0 Å². The number of nitrogens with one attached hydrogen (secondary N) is 2. The predicted octanol–water partition coefficient (Wildman–Crippen LogP) is 1.43. The first-order valence-electron chi connectivity index (χ1n) is 7.97. The van der Waals surface area contributed by atoms with Gasteiger partial charge in [-0.25, -0.2) is 0 Å². The van der Waals surface area contributed by atoms with Gasteiger partial charge in [0.15, 0.2) is 0 Å². The fourth-order valence-electron chi connectivity index (χ4n) is 2.78. The Kier molecular flexibility index (Phi) is 6.52. The molecule has 0 atom stereocenters. The molecule has 23 heavy (non-hydrogen) atoms. The summed E-state index contributed by atoms with van der Waals surface area (Å²) in [6.45, 7) is 7.94. The molecule has 0 aliphatic carbocycles. The molecule has 0 saturated carbocycles. The van der Waals surface area contributed by atoms with E-state index in [0.717, 1.165) is 18.4 Å². The van der Waals surface area contributed by atoms with Crippen molar-refractivity contribution in [3.8, 4) is 6.07 Å². The number of aromatic amines is 1. The number of H-pyrrole nitrogens is 1. The third kappa shape index (κ3) is 4.20. The molecular formula is C17H26N4O2. The van der Waals surface area contributed by atoms with Crippen molar-refractivity contribution < 1.29 is 4.79 Å². The number of carbonyl (C=O) groups excluding carboxylic acids is 1. The molecule has 0 bridgehead atoms. The lowest BCUT2D eigenvalue weighted by molar-refractivity contribution is -0.123. The van der Waals surface area contributed by atoms with Gasteiger partial charge in [0.2, 0.25) is 5.91 Å². The van der Waals surface area contributed by atoms with E-state index in [-0.39, 0.29) is 22.6 Å². The first-order valence-corrected chi connectivity index (χ1v) is 7.97. The molecule has 0 aliphatic rings. The Morgan fingerprint density at radius 3 is 2.43 bits per heavy atom. The van der Waals surface area contributed by atoms with Gasteiger partial charge in [-0.15, -0.1) is 0 Å². The van der Waals surface area contributed by atoms with Gasteiger partial charge in [-0.05, 0) is 44.2 Å². The van der Waals surface area contributed by atoms with Crippen LogP contribution in [0.1, 0.15) is 55.5 Å². The van der Waals surface area contributed by atoms with Crippen LogP contribution in [0.5, 0.6) is 0 Å². The van der Waals surface area contributed by atoms with Crippen LogP contribution in [0.4, 0.5) is 0 Å². The van der Waals surface area contributed by atoms with Gasteiger partial charge in [0.1, 0.15) is 11.6 Å². The van der Waals surface area contributed by atoms with Gasteiger partial charge in [-0.2, -0.15) is 5.26 Å². The molecule has 1 rings (SSSR count). The standard InChI is InChI=1S/C17H26N4O2/c1-5-17(6-2,10-19)21-15(22)8-7-13-11(3)14(9-18)16(23)20-12(13)4/h5-8,10,19H2,1-4H3,(H,20,23)(H,21,22). The van der Waals surface area contributed by atoms with E-state index in [1.54, 1.807) is 13.8 Å². The van der Waals surface area contributed by atoms with Gasteiger partial charge in [0, 0.05) is 18.7 Å². The second-order valence-electron chi connectivity index (χ2n) is 5.91. The summed E-state index contributed by atoms with van der Waals surface area (Å²) in [6, 6.07) is 1.92. The molecule has 1 heterocycles. The van der Waals surface area contributed by atoms with Gasteiger partial charge in [0.25, 0.3) is 5.56 Å². The second kappa shape index (κ2) is 7.93. The van der Waals surface area contributed by atoms with Crippen molar-refractivity contribution in [2.24, 2.45) is 5.73 Å². The third-order valence-electron chi connectivity index (χ3n) is 4.67. The highest BCUT2D eigenvalue weighted by Crippen LogP contribution is 2.17. The lowest BCUT2D eigenvalue weighted by Gasteiger charge is -2.31. The van der Waals surface area contributed by atoms with Crippen molar-refractivity contribution in [2.75, 3.05) is 6.54 Å². The van der Waals surface area contributed by atoms with Gasteiger partial charge in [-0.3, -0.25) is 9.59 Å². The molecule has 126 valence electrons. The van der Waals surface area contributed by atoms with Crippen LogP contribution >= 0.6 is 0 Å². The zero-order valence-corrected chi connectivity index (χ0v) is 14.4. The highest BCUT2D eigenvalue weighted by Gasteiger charge is 2.26. The first kappa shape index (κ1) is 18.9. The molecule has 0 aromatic carbocycles. The van der Waals surface area contributed by atoms with Crippen LogP contribution in [-0.2, 0) is 11.2 Å². The molecular weight excluding hydrogens is 292 g/mol. The van der Waals surface area contributed by atoms with Crippen LogP contribution in [0.25, 0.3) is 0 Å². The molecule has 1 amide bonds. The summed E-state index contributed by atoms with van der Waals surface area (Å²) in [7, 11) is 0. The Labute approximate surface area is 137 Å². The van der Waals surface area contributed by atoms with Gasteiger partial charge >= 0.3 is 0 Å². The molecule has 6 nitrogen and oxygen atoms in total. The minimum atomic E-state index is -0.380. The lowest BCUT2D eigenvalue weighted by atomic mass is 9.92. The average molecular weight is 318 g/mol. The number of nitrogens with two attached hydrogens (primary N) is 1. The highest BCUT2D eigenvalue weighted by molar-refractivity contribution is 5.77. The maximum atomic E-state index is 12.2. The summed E-state index contributed by atoms with van der Waals surface area (Å²) in [5, 5.41) is 12.1. The van der Waals surface area contributed by atoms with E-state index < -0.39 is 0 Å². The van der Waals surface area contributed by atoms with Crippen LogP contribution in [0, 0.1) is 25.2 Å². The molecule has 0 saturated heterocycles. The highest BCUT2D eigenvalue weighted by atomic mass is 16.1. The van der Waals surface area contributed by atoms with E-state index in [9.17, 15) is 9.59 Å². The van der Waals surface area contributed by atoms with E-state index in [1.807, 2.05) is 19.9 Å². The van der Waals surface area contributed by atoms with Gasteiger partial charge in [0.05, 0.1) is 5.54 Å². The van der Waals surface area contributed by atoms with Crippen molar-refractivity contribution in [1.29, 1.82) is 5.26 Å². The summed E-state index contributed by atoms with van der Waals surface area (Å²) in [5.74, 6) is -0.0670. The van der Waals surface area contributed by atoms with Crippen LogP contribution in [0.2, 0.25) is 0 Å². The molecule has 0 unspecified atom stereocenters. The van der Waals surface area contributed by atoms with E-state index in [2.05, 4.69) is 10.3 Å². The number of nitrogens with zero attached hydrogens (tertiary/aromatic N) is 1. The number of amides is 1. The minimum absolute atomic E-state index is 0.0670. The van der Waals surface area contributed by atoms with E-state index in [4.69, 9.17) is 11.0 Å². The Morgan fingerprint density at radius 2 is 1.96 bits per heavy atom. The SMILES string of the molecule is CCC(CC)(CN)NC(=O)CCc1c(C)[nH]c(=O)c(C#N)c1C. The average Bonchev–Trinajstić information content (AvgIpc) is 2.52. The van der Waals surface area contributed by atoms with E-state index in [0.29, 0.717) is 30.6 Å². The van der Waals surface area contributed by atoms with Gasteiger partial charge in [-0.1, -0.05) is 13.8 Å². The Hall–Kier alpha value is -2.13. The number of hydrogen-bond acceptors (Lipinski definition) is 4. The fourth-order valence-corrected chi connectivity index (χ4v) is 2.78. The molecule has 0 aliphatic heterocycles. The summed E-state index contributed by atoms with van der Waals surface area (Å²) in [4.78, 5) is 26.6. The maximum Gasteiger partial charge on any atom is 0.266 e. The topological polar surface area (TPSA) is 112 Å². The Balaban J connectivity index is 2.90. The zero-order chi connectivity index (χ0) is 17.6. The monoisotopic (exact) mass is 318 g/mol. The van der Waals surface area contributed by atoms with E-state index >= 15 is 0 Å². The lowest BCUT2D eigenvalue weighted by Crippen LogP contribution is -2.52. The fraction of sp³-hybridized carbons (Fsp3) is 0.588. The summed E-state index contributed by atoms with van der Waals surface area (Å²) >= 11 is 0. The molecule has 4 N–H and O–H groups in total. The molecule has 0 spiro atoms. The van der Waals surface area contributed by atoms with Crippen LogP contribution < -0.4 is 16.6 Å². The quantitative estimate of drug-likeness (QED) is 0.706. The Morgan fingerprint density at radius 1 is 1.35 bits per heavy atom.